The van der Waals surface area contributed by atoms with Crippen molar-refractivity contribution in [1.82, 2.24) is 9.29 Å². The van der Waals surface area contributed by atoms with Crippen LogP contribution >= 0.6 is 11.3 Å². The van der Waals surface area contributed by atoms with Gasteiger partial charge in [-0.15, -0.1) is 0 Å². The van der Waals surface area contributed by atoms with E-state index < -0.39 is 39.0 Å². The highest BCUT2D eigenvalue weighted by molar-refractivity contribution is 7.89. The van der Waals surface area contributed by atoms with E-state index in [0.29, 0.717) is 12.8 Å². The summed E-state index contributed by atoms with van der Waals surface area (Å²) in [7, 11) is -4.01. The molecule has 4 rings (SSSR count). The van der Waals surface area contributed by atoms with Gasteiger partial charge in [-0.3, -0.25) is 4.79 Å². The normalized spacial score (nSPS) is 15.1. The third-order valence-electron chi connectivity index (χ3n) is 5.57. The fourth-order valence-electron chi connectivity index (χ4n) is 3.81. The molecule has 1 aliphatic heterocycles. The predicted molar refractivity (Wildman–Crippen MR) is 125 cm³/mol. The van der Waals surface area contributed by atoms with Crippen LogP contribution in [-0.2, 0) is 10.0 Å². The first-order valence-corrected chi connectivity index (χ1v) is 12.7. The zero-order valence-corrected chi connectivity index (χ0v) is 19.7. The number of nitrogens with two attached hydrogens (primary N) is 1. The van der Waals surface area contributed by atoms with E-state index in [0.717, 1.165) is 29.5 Å². The molecule has 4 N–H and O–H groups in total. The van der Waals surface area contributed by atoms with Crippen molar-refractivity contribution in [3.8, 4) is 0 Å². The number of rotatable bonds is 7. The summed E-state index contributed by atoms with van der Waals surface area (Å²) in [5.74, 6) is -4.43. The number of anilines is 2. The number of piperidine rings is 1. The lowest BCUT2D eigenvalue weighted by Gasteiger charge is -2.31. The van der Waals surface area contributed by atoms with Gasteiger partial charge in [0.1, 0.15) is 22.3 Å². The number of benzene rings is 2. The first-order chi connectivity index (χ1) is 16.6. The maximum atomic E-state index is 14.0. The molecule has 0 bridgehead atoms. The van der Waals surface area contributed by atoms with Crippen molar-refractivity contribution in [1.29, 1.82) is 0 Å². The third kappa shape index (κ3) is 4.88. The van der Waals surface area contributed by atoms with Gasteiger partial charge in [0.05, 0.1) is 16.0 Å². The Labute approximate surface area is 203 Å². The average molecular weight is 523 g/mol. The Morgan fingerprint density at radius 3 is 2.34 bits per heavy atom. The largest absolute Gasteiger partial charge is 0.478 e. The van der Waals surface area contributed by atoms with Crippen LogP contribution in [0, 0.1) is 11.6 Å². The van der Waals surface area contributed by atoms with Crippen LogP contribution in [0.25, 0.3) is 0 Å². The number of carbonyl (C=O) groups is 2. The molecule has 13 heteroatoms. The number of aromatic nitrogens is 1. The molecule has 0 amide bonds. The standard InChI is InChI=1S/C22H20F2N4O5S2/c23-14-5-3-6-15(24)17(14)18(29)19-20(25)27-22(34-19)26-12-8-10-28(11-9-12)35(32,33)16-7-2-1-4-13(16)21(30)31/h1-7,12H,8-11,25H2,(H,26,27)(H,30,31). The Balaban J connectivity index is 1.45. The highest BCUT2D eigenvalue weighted by atomic mass is 32.2. The van der Waals surface area contributed by atoms with Crippen LogP contribution in [0.2, 0.25) is 0 Å². The SMILES string of the molecule is Nc1nc(NC2CCN(S(=O)(=O)c3ccccc3C(=O)O)CC2)sc1C(=O)c1c(F)cccc1F. The molecule has 0 atom stereocenters. The summed E-state index contributed by atoms with van der Waals surface area (Å²) in [5.41, 5.74) is 4.81. The lowest BCUT2D eigenvalue weighted by Crippen LogP contribution is -2.42. The maximum Gasteiger partial charge on any atom is 0.337 e. The first kappa shape index (κ1) is 24.7. The van der Waals surface area contributed by atoms with Crippen molar-refractivity contribution in [2.45, 2.75) is 23.8 Å². The Kier molecular flexibility index (Phi) is 6.83. The molecule has 9 nitrogen and oxygen atoms in total. The van der Waals surface area contributed by atoms with E-state index >= 15 is 0 Å². The maximum absolute atomic E-state index is 14.0. The fraction of sp³-hybridized carbons (Fsp3) is 0.227. The van der Waals surface area contributed by atoms with Gasteiger partial charge in [-0.05, 0) is 37.1 Å². The number of aromatic carboxylic acids is 1. The number of nitrogens with zero attached hydrogens (tertiary/aromatic N) is 2. The van der Waals surface area contributed by atoms with Crippen molar-refractivity contribution >= 4 is 44.1 Å². The highest BCUT2D eigenvalue weighted by Crippen LogP contribution is 2.31. The summed E-state index contributed by atoms with van der Waals surface area (Å²) < 4.78 is 55.2. The molecular weight excluding hydrogens is 502 g/mol. The molecule has 1 aromatic heterocycles. The number of thiazole rings is 1. The highest BCUT2D eigenvalue weighted by Gasteiger charge is 2.33. The van der Waals surface area contributed by atoms with E-state index in [-0.39, 0.29) is 45.4 Å². The number of carboxylic acids is 1. The average Bonchev–Trinajstić information content (AvgIpc) is 3.19. The topological polar surface area (TPSA) is 143 Å². The number of hydrogen-bond donors (Lipinski definition) is 3. The minimum absolute atomic E-state index is 0.109. The summed E-state index contributed by atoms with van der Waals surface area (Å²) >= 11 is 0.855. The molecule has 1 aliphatic rings. The summed E-state index contributed by atoms with van der Waals surface area (Å²) in [6.07, 6.45) is 0.748. The molecule has 35 heavy (non-hydrogen) atoms. The van der Waals surface area contributed by atoms with Crippen LogP contribution in [0.1, 0.15) is 38.4 Å². The summed E-state index contributed by atoms with van der Waals surface area (Å²) in [6.45, 7) is 0.252. The molecule has 3 aromatic rings. The van der Waals surface area contributed by atoms with Crippen LogP contribution in [-0.4, -0.2) is 53.7 Å². The first-order valence-electron chi connectivity index (χ1n) is 10.4. The summed E-state index contributed by atoms with van der Waals surface area (Å²) in [6, 6.07) is 8.31. The monoisotopic (exact) mass is 522 g/mol. The Morgan fingerprint density at radius 1 is 1.09 bits per heavy atom. The number of carbonyl (C=O) groups excluding carboxylic acids is 1. The van der Waals surface area contributed by atoms with Gasteiger partial charge in [0.15, 0.2) is 5.13 Å². The van der Waals surface area contributed by atoms with E-state index in [1.165, 1.54) is 28.6 Å². The van der Waals surface area contributed by atoms with Crippen LogP contribution < -0.4 is 11.1 Å². The van der Waals surface area contributed by atoms with Crippen molar-refractivity contribution in [2.24, 2.45) is 0 Å². The molecule has 0 saturated carbocycles. The van der Waals surface area contributed by atoms with Crippen molar-refractivity contribution < 1.29 is 31.9 Å². The predicted octanol–water partition coefficient (Wildman–Crippen LogP) is 3.20. The second-order valence-corrected chi connectivity index (χ2v) is 10.7. The van der Waals surface area contributed by atoms with Gasteiger partial charge in [-0.25, -0.2) is 27.0 Å². The number of carboxylic acid groups (broad SMARTS) is 1. The molecule has 2 aromatic carbocycles. The van der Waals surface area contributed by atoms with Gasteiger partial charge >= 0.3 is 5.97 Å². The number of hydrogen-bond acceptors (Lipinski definition) is 8. The molecule has 0 unspecified atom stereocenters. The van der Waals surface area contributed by atoms with E-state index in [2.05, 4.69) is 10.3 Å². The van der Waals surface area contributed by atoms with Crippen LogP contribution in [0.15, 0.2) is 47.4 Å². The summed E-state index contributed by atoms with van der Waals surface area (Å²) in [4.78, 5) is 27.8. The Morgan fingerprint density at radius 2 is 1.71 bits per heavy atom. The Hall–Kier alpha value is -3.42. The van der Waals surface area contributed by atoms with Crippen molar-refractivity contribution in [2.75, 3.05) is 24.1 Å². The fourth-order valence-corrected chi connectivity index (χ4v) is 6.37. The smallest absolute Gasteiger partial charge is 0.337 e. The van der Waals surface area contributed by atoms with E-state index in [9.17, 15) is 31.9 Å². The molecule has 0 aliphatic carbocycles. The van der Waals surface area contributed by atoms with Crippen LogP contribution in [0.3, 0.4) is 0 Å². The molecule has 184 valence electrons. The number of nitrogen functional groups attached to an aromatic ring is 1. The van der Waals surface area contributed by atoms with Gasteiger partial charge in [0.25, 0.3) is 0 Å². The van der Waals surface area contributed by atoms with Gasteiger partial charge < -0.3 is 16.2 Å². The minimum atomic E-state index is -4.01. The van der Waals surface area contributed by atoms with E-state index in [1.54, 1.807) is 0 Å². The molecule has 1 saturated heterocycles. The third-order valence-corrected chi connectivity index (χ3v) is 8.52. The van der Waals surface area contributed by atoms with Crippen LogP contribution in [0.5, 0.6) is 0 Å². The zero-order chi connectivity index (χ0) is 25.3. The lowest BCUT2D eigenvalue weighted by molar-refractivity contribution is 0.0692. The molecular formula is C22H20F2N4O5S2. The summed E-state index contributed by atoms with van der Waals surface area (Å²) in [5, 5.41) is 12.7. The second-order valence-electron chi connectivity index (χ2n) is 7.78. The molecule has 0 radical (unpaired) electrons. The lowest BCUT2D eigenvalue weighted by atomic mass is 10.1. The van der Waals surface area contributed by atoms with E-state index in [1.807, 2.05) is 0 Å². The van der Waals surface area contributed by atoms with Crippen LogP contribution in [0.4, 0.5) is 19.7 Å². The van der Waals surface area contributed by atoms with Gasteiger partial charge in [-0.1, -0.05) is 29.5 Å². The van der Waals surface area contributed by atoms with Gasteiger partial charge in [0.2, 0.25) is 15.8 Å². The quantitative estimate of drug-likeness (QED) is 0.402. The molecule has 2 heterocycles. The zero-order valence-electron chi connectivity index (χ0n) is 18.1. The Bertz CT molecular complexity index is 1380. The minimum Gasteiger partial charge on any atom is -0.478 e. The molecule has 0 spiro atoms. The van der Waals surface area contributed by atoms with Crippen molar-refractivity contribution in [3.05, 3.63) is 70.1 Å². The van der Waals surface area contributed by atoms with E-state index in [4.69, 9.17) is 5.73 Å². The second kappa shape index (κ2) is 9.68. The number of sulfonamides is 1. The number of nitrogens with one attached hydrogen (secondary N) is 1. The van der Waals surface area contributed by atoms with Crippen molar-refractivity contribution in [3.63, 3.8) is 0 Å². The van der Waals surface area contributed by atoms with Gasteiger partial charge in [0, 0.05) is 19.1 Å². The number of halogens is 2. The van der Waals surface area contributed by atoms with Gasteiger partial charge in [-0.2, -0.15) is 4.31 Å². The molecule has 1 fully saturated rings. The number of ketones is 1.